The molecule has 2 aromatic carbocycles. The third kappa shape index (κ3) is 3.68. The van der Waals surface area contributed by atoms with E-state index in [9.17, 15) is 13.5 Å². The van der Waals surface area contributed by atoms with Gasteiger partial charge >= 0.3 is 0 Å². The van der Waals surface area contributed by atoms with Gasteiger partial charge in [-0.2, -0.15) is 0 Å². The predicted molar refractivity (Wildman–Crippen MR) is 115 cm³/mol. The van der Waals surface area contributed by atoms with Crippen molar-refractivity contribution in [2.45, 2.75) is 11.8 Å². The van der Waals surface area contributed by atoms with Crippen LogP contribution < -0.4 is 10.5 Å². The fourth-order valence-electron chi connectivity index (χ4n) is 3.17. The van der Waals surface area contributed by atoms with E-state index >= 15 is 0 Å². The van der Waals surface area contributed by atoms with Gasteiger partial charge in [0.2, 0.25) is 15.9 Å². The van der Waals surface area contributed by atoms with Crippen LogP contribution in [0.25, 0.3) is 33.2 Å². The average Bonchev–Trinajstić information content (AvgIpc) is 2.74. The lowest BCUT2D eigenvalue weighted by atomic mass is 10.00. The second-order valence-corrected chi connectivity index (χ2v) is 8.38. The number of nitrogens with zero attached hydrogens (tertiary/aromatic N) is 3. The summed E-state index contributed by atoms with van der Waals surface area (Å²) in [5.41, 5.74) is 9.78. The van der Waals surface area contributed by atoms with E-state index in [0.717, 1.165) is 16.7 Å². The summed E-state index contributed by atoms with van der Waals surface area (Å²) in [6.07, 6.45) is 2.93. The molecular weight excluding hydrogens is 402 g/mol. The van der Waals surface area contributed by atoms with Gasteiger partial charge in [-0.05, 0) is 41.5 Å². The van der Waals surface area contributed by atoms with E-state index < -0.39 is 10.0 Å². The van der Waals surface area contributed by atoms with Crippen LogP contribution in [0.2, 0.25) is 0 Å². The third-order valence-corrected chi connectivity index (χ3v) is 6.24. The van der Waals surface area contributed by atoms with Crippen molar-refractivity contribution < 1.29 is 13.5 Å². The molecule has 0 fully saturated rings. The Kier molecular flexibility index (Phi) is 5.06. The zero-order chi connectivity index (χ0) is 21.3. The van der Waals surface area contributed by atoms with E-state index in [0.29, 0.717) is 28.8 Å². The lowest BCUT2D eigenvalue weighted by Gasteiger charge is -2.10. The Labute approximate surface area is 173 Å². The molecule has 0 saturated carbocycles. The Balaban J connectivity index is 1.74. The second-order valence-electron chi connectivity index (χ2n) is 6.61. The van der Waals surface area contributed by atoms with Crippen molar-refractivity contribution in [3.8, 4) is 28.1 Å². The maximum atomic E-state index is 12.1. The zero-order valence-electron chi connectivity index (χ0n) is 16.1. The molecule has 0 unspecified atom stereocenters. The van der Waals surface area contributed by atoms with Crippen molar-refractivity contribution in [2.75, 3.05) is 12.3 Å². The number of fused-ring (bicyclic) bond motifs is 1. The highest BCUT2D eigenvalue weighted by Gasteiger charge is 2.13. The second kappa shape index (κ2) is 7.69. The van der Waals surface area contributed by atoms with Gasteiger partial charge in [0.05, 0.1) is 15.8 Å². The summed E-state index contributed by atoms with van der Waals surface area (Å²) in [4.78, 5) is 12.5. The Bertz CT molecular complexity index is 1340. The number of nitrogens with two attached hydrogens (primary N) is 1. The predicted octanol–water partition coefficient (Wildman–Crippen LogP) is 2.94. The molecule has 0 aliphatic heterocycles. The molecule has 0 aliphatic carbocycles. The van der Waals surface area contributed by atoms with Crippen molar-refractivity contribution in [3.05, 3.63) is 61.1 Å². The molecule has 0 radical (unpaired) electrons. The van der Waals surface area contributed by atoms with E-state index in [1.54, 1.807) is 49.5 Å². The Hall–Kier alpha value is -3.56. The smallest absolute Gasteiger partial charge is 0.240 e. The first kappa shape index (κ1) is 19.7. The van der Waals surface area contributed by atoms with Gasteiger partial charge < -0.3 is 10.8 Å². The van der Waals surface area contributed by atoms with Gasteiger partial charge in [-0.3, -0.25) is 0 Å². The van der Waals surface area contributed by atoms with Gasteiger partial charge in [-0.25, -0.2) is 28.1 Å². The summed E-state index contributed by atoms with van der Waals surface area (Å²) < 4.78 is 26.7. The first-order chi connectivity index (χ1) is 14.4. The number of aromatic nitrogens is 3. The monoisotopic (exact) mass is 421 g/mol. The molecule has 0 bridgehead atoms. The first-order valence-corrected chi connectivity index (χ1v) is 10.7. The lowest BCUT2D eigenvalue weighted by Crippen LogP contribution is -2.22. The van der Waals surface area contributed by atoms with Crippen LogP contribution in [0.1, 0.15) is 6.92 Å². The van der Waals surface area contributed by atoms with E-state index in [1.807, 2.05) is 12.1 Å². The molecule has 0 amide bonds. The number of anilines is 1. The molecule has 9 heteroatoms. The summed E-state index contributed by atoms with van der Waals surface area (Å²) in [6.45, 7) is 2.05. The lowest BCUT2D eigenvalue weighted by molar-refractivity contribution is 0.459. The number of sulfonamides is 1. The largest absolute Gasteiger partial charge is 0.493 e. The molecule has 0 saturated heterocycles. The fraction of sp³-hybridized carbons (Fsp3) is 0.0952. The molecule has 8 nitrogen and oxygen atoms in total. The van der Waals surface area contributed by atoms with E-state index in [1.165, 1.54) is 6.33 Å². The summed E-state index contributed by atoms with van der Waals surface area (Å²) in [5.74, 6) is 0.265. The molecule has 4 N–H and O–H groups in total. The van der Waals surface area contributed by atoms with Crippen LogP contribution in [0.4, 0.5) is 5.82 Å². The van der Waals surface area contributed by atoms with Gasteiger partial charge in [-0.1, -0.05) is 25.1 Å². The molecule has 0 spiro atoms. The van der Waals surface area contributed by atoms with Crippen LogP contribution in [0.3, 0.4) is 0 Å². The fourth-order valence-corrected chi connectivity index (χ4v) is 4.22. The number of rotatable bonds is 5. The summed E-state index contributed by atoms with van der Waals surface area (Å²) in [7, 11) is -3.51. The van der Waals surface area contributed by atoms with Gasteiger partial charge in [0.1, 0.15) is 12.1 Å². The first-order valence-electron chi connectivity index (χ1n) is 9.19. The number of hydrogen-bond acceptors (Lipinski definition) is 7. The molecule has 2 aromatic heterocycles. The summed E-state index contributed by atoms with van der Waals surface area (Å²) >= 11 is 0. The maximum absolute atomic E-state index is 12.1. The van der Waals surface area contributed by atoms with Gasteiger partial charge in [-0.15, -0.1) is 0 Å². The minimum absolute atomic E-state index is 0.0843. The molecule has 30 heavy (non-hydrogen) atoms. The van der Waals surface area contributed by atoms with E-state index in [-0.39, 0.29) is 10.8 Å². The van der Waals surface area contributed by atoms with Crippen LogP contribution in [0.15, 0.2) is 66.0 Å². The average molecular weight is 421 g/mol. The van der Waals surface area contributed by atoms with Crippen LogP contribution >= 0.6 is 0 Å². The van der Waals surface area contributed by atoms with Crippen LogP contribution in [-0.4, -0.2) is 35.0 Å². The number of hydrogen-bond donors (Lipinski definition) is 3. The standard InChI is InChI=1S/C21H19N5O3S/c1-2-26-30(28,29)16-6-3-13(4-7-16)15-9-18(20(22)23-11-15)14-5-8-17-19(10-14)24-12-25-21(17)27/h3-12,26H,2H2,1H3,(H2,22,23)(H,24,25,27). The van der Waals surface area contributed by atoms with Crippen LogP contribution in [-0.2, 0) is 10.0 Å². The molecule has 0 aliphatic rings. The maximum Gasteiger partial charge on any atom is 0.240 e. The third-order valence-electron chi connectivity index (χ3n) is 4.68. The van der Waals surface area contributed by atoms with Crippen LogP contribution in [0, 0.1) is 0 Å². The Morgan fingerprint density at radius 2 is 1.70 bits per heavy atom. The van der Waals surface area contributed by atoms with Crippen LogP contribution in [0.5, 0.6) is 5.88 Å². The van der Waals surface area contributed by atoms with Gasteiger partial charge in [0.25, 0.3) is 0 Å². The highest BCUT2D eigenvalue weighted by molar-refractivity contribution is 7.89. The number of nitrogen functional groups attached to an aromatic ring is 1. The Morgan fingerprint density at radius 3 is 2.43 bits per heavy atom. The molecule has 0 atom stereocenters. The number of nitrogens with one attached hydrogen (secondary N) is 1. The van der Waals surface area contributed by atoms with Crippen molar-refractivity contribution in [2.24, 2.45) is 0 Å². The van der Waals surface area contributed by atoms with Crippen molar-refractivity contribution in [3.63, 3.8) is 0 Å². The van der Waals surface area contributed by atoms with E-state index in [2.05, 4.69) is 19.7 Å². The van der Waals surface area contributed by atoms with E-state index in [4.69, 9.17) is 5.73 Å². The number of pyridine rings is 1. The topological polar surface area (TPSA) is 131 Å². The highest BCUT2D eigenvalue weighted by atomic mass is 32.2. The minimum Gasteiger partial charge on any atom is -0.493 e. The number of aromatic hydroxyl groups is 1. The minimum atomic E-state index is -3.51. The van der Waals surface area contributed by atoms with Gasteiger partial charge in [0, 0.05) is 23.9 Å². The molecule has 4 rings (SSSR count). The quantitative estimate of drug-likeness (QED) is 0.451. The Morgan fingerprint density at radius 1 is 0.967 bits per heavy atom. The van der Waals surface area contributed by atoms with Gasteiger partial charge in [0.15, 0.2) is 0 Å². The summed E-state index contributed by atoms with van der Waals surface area (Å²) in [6, 6.07) is 13.8. The highest BCUT2D eigenvalue weighted by Crippen LogP contribution is 2.32. The molecule has 152 valence electrons. The van der Waals surface area contributed by atoms with Crippen molar-refractivity contribution in [1.82, 2.24) is 19.7 Å². The molecular formula is C21H19N5O3S. The van der Waals surface area contributed by atoms with Crippen molar-refractivity contribution >= 4 is 26.7 Å². The summed E-state index contributed by atoms with van der Waals surface area (Å²) in [5, 5.41) is 10.4. The molecule has 4 aromatic rings. The zero-order valence-corrected chi connectivity index (χ0v) is 16.9. The van der Waals surface area contributed by atoms with Crippen molar-refractivity contribution in [1.29, 1.82) is 0 Å². The SMILES string of the molecule is CCNS(=O)(=O)c1ccc(-c2cnc(N)c(-c3ccc4c(O)ncnc4c3)c2)cc1. The number of benzene rings is 2. The molecule has 2 heterocycles. The normalized spacial score (nSPS) is 11.6.